The molecule has 1 unspecified atom stereocenters. The second-order valence-electron chi connectivity index (χ2n) is 4.70. The van der Waals surface area contributed by atoms with Gasteiger partial charge in [-0.1, -0.05) is 11.6 Å². The van der Waals surface area contributed by atoms with Gasteiger partial charge in [-0.25, -0.2) is 0 Å². The molecule has 0 heterocycles. The standard InChI is InChI=1S/C14H23ClN2O/c1-11(16-2)13-10-12(15)6-7-14(13)18-9-5-8-17(3)4/h6-7,10-11,16H,5,8-9H2,1-4H3. The fourth-order valence-corrected chi connectivity index (χ4v) is 1.89. The van der Waals surface area contributed by atoms with E-state index in [1.54, 1.807) is 0 Å². The average molecular weight is 271 g/mol. The third kappa shape index (κ3) is 4.84. The van der Waals surface area contributed by atoms with E-state index in [1.165, 1.54) is 0 Å². The number of ether oxygens (including phenoxy) is 1. The van der Waals surface area contributed by atoms with Crippen LogP contribution < -0.4 is 10.1 Å². The quantitative estimate of drug-likeness (QED) is 0.771. The summed E-state index contributed by atoms with van der Waals surface area (Å²) in [5.41, 5.74) is 1.11. The van der Waals surface area contributed by atoms with E-state index in [9.17, 15) is 0 Å². The van der Waals surface area contributed by atoms with Crippen molar-refractivity contribution in [2.24, 2.45) is 0 Å². The summed E-state index contributed by atoms with van der Waals surface area (Å²) in [4.78, 5) is 2.16. The number of nitrogens with zero attached hydrogens (tertiary/aromatic N) is 1. The molecular formula is C14H23ClN2O. The molecule has 0 radical (unpaired) electrons. The van der Waals surface area contributed by atoms with E-state index in [4.69, 9.17) is 16.3 Å². The lowest BCUT2D eigenvalue weighted by molar-refractivity contribution is 0.278. The van der Waals surface area contributed by atoms with E-state index in [0.717, 1.165) is 35.9 Å². The predicted molar refractivity (Wildman–Crippen MR) is 77.6 cm³/mol. The fourth-order valence-electron chi connectivity index (χ4n) is 1.71. The first-order chi connectivity index (χ1) is 8.54. The summed E-state index contributed by atoms with van der Waals surface area (Å²) in [5, 5.41) is 3.95. The van der Waals surface area contributed by atoms with E-state index in [1.807, 2.05) is 25.2 Å². The van der Waals surface area contributed by atoms with E-state index in [-0.39, 0.29) is 6.04 Å². The highest BCUT2D eigenvalue weighted by Crippen LogP contribution is 2.28. The smallest absolute Gasteiger partial charge is 0.124 e. The average Bonchev–Trinajstić information content (AvgIpc) is 2.34. The van der Waals surface area contributed by atoms with Crippen LogP contribution in [0.25, 0.3) is 0 Å². The molecule has 0 saturated carbocycles. The zero-order valence-corrected chi connectivity index (χ0v) is 12.4. The largest absolute Gasteiger partial charge is 0.493 e. The van der Waals surface area contributed by atoms with Gasteiger partial charge in [0, 0.05) is 23.2 Å². The Balaban J connectivity index is 2.63. The highest BCUT2D eigenvalue weighted by molar-refractivity contribution is 6.30. The minimum Gasteiger partial charge on any atom is -0.493 e. The number of halogens is 1. The molecule has 0 aromatic heterocycles. The van der Waals surface area contributed by atoms with Gasteiger partial charge in [0.05, 0.1) is 6.61 Å². The highest BCUT2D eigenvalue weighted by Gasteiger charge is 2.10. The van der Waals surface area contributed by atoms with Gasteiger partial charge in [0.2, 0.25) is 0 Å². The van der Waals surface area contributed by atoms with Crippen LogP contribution in [0.15, 0.2) is 18.2 Å². The van der Waals surface area contributed by atoms with E-state index in [0.29, 0.717) is 0 Å². The molecule has 1 aromatic rings. The summed E-state index contributed by atoms with van der Waals surface area (Å²) in [6, 6.07) is 6.01. The van der Waals surface area contributed by atoms with Crippen molar-refractivity contribution < 1.29 is 4.74 Å². The van der Waals surface area contributed by atoms with Crippen LogP contribution >= 0.6 is 11.6 Å². The summed E-state index contributed by atoms with van der Waals surface area (Å²) in [6.07, 6.45) is 1.02. The Labute approximate surface area is 115 Å². The number of rotatable bonds is 7. The molecule has 102 valence electrons. The number of hydrogen-bond acceptors (Lipinski definition) is 3. The normalized spacial score (nSPS) is 12.8. The molecule has 1 rings (SSSR count). The molecule has 0 amide bonds. The second-order valence-corrected chi connectivity index (χ2v) is 5.13. The summed E-state index contributed by atoms with van der Waals surface area (Å²) >= 11 is 6.03. The predicted octanol–water partition coefficient (Wildman–Crippen LogP) is 2.95. The van der Waals surface area contributed by atoms with E-state index < -0.39 is 0 Å². The first kappa shape index (κ1) is 15.3. The van der Waals surface area contributed by atoms with Crippen molar-refractivity contribution in [1.29, 1.82) is 0 Å². The Morgan fingerprint density at radius 1 is 1.39 bits per heavy atom. The minimum absolute atomic E-state index is 0.229. The molecule has 0 bridgehead atoms. The first-order valence-electron chi connectivity index (χ1n) is 6.29. The van der Waals surface area contributed by atoms with Crippen molar-refractivity contribution in [2.75, 3.05) is 34.3 Å². The number of nitrogens with one attached hydrogen (secondary N) is 1. The van der Waals surface area contributed by atoms with Crippen molar-refractivity contribution in [1.82, 2.24) is 10.2 Å². The molecule has 0 spiro atoms. The third-order valence-corrected chi connectivity index (χ3v) is 3.11. The van der Waals surface area contributed by atoms with Crippen molar-refractivity contribution in [3.05, 3.63) is 28.8 Å². The van der Waals surface area contributed by atoms with Crippen LogP contribution in [-0.2, 0) is 0 Å². The Kier molecular flexibility index (Phi) is 6.47. The van der Waals surface area contributed by atoms with E-state index in [2.05, 4.69) is 31.2 Å². The van der Waals surface area contributed by atoms with Gasteiger partial charge in [0.1, 0.15) is 5.75 Å². The maximum Gasteiger partial charge on any atom is 0.124 e. The lowest BCUT2D eigenvalue weighted by Gasteiger charge is -2.17. The van der Waals surface area contributed by atoms with Gasteiger partial charge in [-0.05, 0) is 52.7 Å². The van der Waals surface area contributed by atoms with Crippen LogP contribution in [0.3, 0.4) is 0 Å². The van der Waals surface area contributed by atoms with Crippen molar-refractivity contribution in [3.8, 4) is 5.75 Å². The van der Waals surface area contributed by atoms with Crippen LogP contribution in [0.5, 0.6) is 5.75 Å². The maximum atomic E-state index is 6.03. The van der Waals surface area contributed by atoms with Gasteiger partial charge in [0.15, 0.2) is 0 Å². The highest BCUT2D eigenvalue weighted by atomic mass is 35.5. The van der Waals surface area contributed by atoms with Crippen LogP contribution in [0.2, 0.25) is 5.02 Å². The lowest BCUT2D eigenvalue weighted by Crippen LogP contribution is -2.17. The Bertz CT molecular complexity index is 369. The molecule has 1 atom stereocenters. The fraction of sp³-hybridized carbons (Fsp3) is 0.571. The molecule has 0 aliphatic rings. The minimum atomic E-state index is 0.229. The van der Waals surface area contributed by atoms with Gasteiger partial charge >= 0.3 is 0 Å². The second kappa shape index (κ2) is 7.62. The zero-order valence-electron chi connectivity index (χ0n) is 11.7. The van der Waals surface area contributed by atoms with Crippen molar-refractivity contribution in [3.63, 3.8) is 0 Å². The molecule has 0 fully saturated rings. The van der Waals surface area contributed by atoms with Crippen molar-refractivity contribution in [2.45, 2.75) is 19.4 Å². The summed E-state index contributed by atoms with van der Waals surface area (Å²) in [6.45, 7) is 3.85. The van der Waals surface area contributed by atoms with Crippen LogP contribution in [0.1, 0.15) is 24.9 Å². The monoisotopic (exact) mass is 270 g/mol. The lowest BCUT2D eigenvalue weighted by atomic mass is 10.1. The molecule has 0 aliphatic heterocycles. The third-order valence-electron chi connectivity index (χ3n) is 2.88. The zero-order chi connectivity index (χ0) is 13.5. The van der Waals surface area contributed by atoms with Gasteiger partial charge in [0.25, 0.3) is 0 Å². The molecule has 0 aliphatic carbocycles. The maximum absolute atomic E-state index is 6.03. The summed E-state index contributed by atoms with van der Waals surface area (Å²) in [7, 11) is 6.06. The van der Waals surface area contributed by atoms with Crippen LogP contribution in [0.4, 0.5) is 0 Å². The van der Waals surface area contributed by atoms with Crippen molar-refractivity contribution >= 4 is 11.6 Å². The Hall–Kier alpha value is -0.770. The Morgan fingerprint density at radius 3 is 2.72 bits per heavy atom. The Morgan fingerprint density at radius 2 is 2.11 bits per heavy atom. The molecular weight excluding hydrogens is 248 g/mol. The number of hydrogen-bond donors (Lipinski definition) is 1. The molecule has 1 N–H and O–H groups in total. The van der Waals surface area contributed by atoms with Gasteiger partial charge in [-0.15, -0.1) is 0 Å². The van der Waals surface area contributed by atoms with Gasteiger partial charge < -0.3 is 15.0 Å². The van der Waals surface area contributed by atoms with Gasteiger partial charge in [-0.2, -0.15) is 0 Å². The molecule has 1 aromatic carbocycles. The molecule has 18 heavy (non-hydrogen) atoms. The molecule has 4 heteroatoms. The van der Waals surface area contributed by atoms with Gasteiger partial charge in [-0.3, -0.25) is 0 Å². The van der Waals surface area contributed by atoms with Crippen LogP contribution in [-0.4, -0.2) is 39.2 Å². The van der Waals surface area contributed by atoms with Crippen LogP contribution in [0, 0.1) is 0 Å². The number of benzene rings is 1. The summed E-state index contributed by atoms with van der Waals surface area (Å²) in [5.74, 6) is 0.917. The SMILES string of the molecule is CNC(C)c1cc(Cl)ccc1OCCCN(C)C. The first-order valence-corrected chi connectivity index (χ1v) is 6.66. The topological polar surface area (TPSA) is 24.5 Å². The molecule has 0 saturated heterocycles. The van der Waals surface area contributed by atoms with E-state index >= 15 is 0 Å². The molecule has 3 nitrogen and oxygen atoms in total. The summed E-state index contributed by atoms with van der Waals surface area (Å²) < 4.78 is 5.84.